The van der Waals surface area contributed by atoms with Crippen molar-refractivity contribution >= 4 is 11.6 Å². The lowest BCUT2D eigenvalue weighted by atomic mass is 10.3. The first-order valence-electron chi connectivity index (χ1n) is 5.64. The molecule has 5 nitrogen and oxygen atoms in total. The molecule has 0 saturated carbocycles. The number of nitrogens with one attached hydrogen (secondary N) is 2. The van der Waals surface area contributed by atoms with Gasteiger partial charge in [0.15, 0.2) is 0 Å². The van der Waals surface area contributed by atoms with Gasteiger partial charge < -0.3 is 10.6 Å². The standard InChI is InChI=1S/C13H13N5/c14-10-11-4-3-7-17-13(11)18-9-8-16-12-5-1-2-6-15-12/h1-7H,8-9H2,(H,15,16)(H,17,18). The molecule has 0 aromatic carbocycles. The van der Waals surface area contributed by atoms with Crippen LogP contribution in [0.5, 0.6) is 0 Å². The minimum Gasteiger partial charge on any atom is -0.368 e. The molecule has 0 radical (unpaired) electrons. The number of hydrogen-bond donors (Lipinski definition) is 2. The number of rotatable bonds is 5. The maximum absolute atomic E-state index is 8.90. The second-order valence-corrected chi connectivity index (χ2v) is 3.58. The lowest BCUT2D eigenvalue weighted by molar-refractivity contribution is 1.04. The molecule has 0 aliphatic carbocycles. The summed E-state index contributed by atoms with van der Waals surface area (Å²) >= 11 is 0. The van der Waals surface area contributed by atoms with Gasteiger partial charge in [-0.25, -0.2) is 9.97 Å². The Morgan fingerprint density at radius 2 is 1.83 bits per heavy atom. The molecule has 5 heteroatoms. The van der Waals surface area contributed by atoms with E-state index in [9.17, 15) is 0 Å². The number of nitriles is 1. The molecule has 0 fully saturated rings. The summed E-state index contributed by atoms with van der Waals surface area (Å²) in [4.78, 5) is 8.27. The molecule has 2 rings (SSSR count). The molecule has 18 heavy (non-hydrogen) atoms. The van der Waals surface area contributed by atoms with Crippen LogP contribution in [-0.4, -0.2) is 23.1 Å². The third-order valence-electron chi connectivity index (χ3n) is 2.32. The summed E-state index contributed by atoms with van der Waals surface area (Å²) in [5.41, 5.74) is 0.551. The molecule has 0 saturated heterocycles. The molecule has 2 N–H and O–H groups in total. The highest BCUT2D eigenvalue weighted by Crippen LogP contribution is 2.08. The molecule has 0 amide bonds. The molecule has 0 atom stereocenters. The van der Waals surface area contributed by atoms with Crippen molar-refractivity contribution in [2.75, 3.05) is 23.7 Å². The number of nitrogens with zero attached hydrogens (tertiary/aromatic N) is 3. The maximum atomic E-state index is 8.90. The van der Waals surface area contributed by atoms with Crippen molar-refractivity contribution in [3.63, 3.8) is 0 Å². The number of hydrogen-bond acceptors (Lipinski definition) is 5. The monoisotopic (exact) mass is 239 g/mol. The Kier molecular flexibility index (Phi) is 4.09. The zero-order valence-electron chi connectivity index (χ0n) is 9.80. The molecule has 0 bridgehead atoms. The van der Waals surface area contributed by atoms with Crippen LogP contribution in [0, 0.1) is 11.3 Å². The first-order chi connectivity index (χ1) is 8.90. The van der Waals surface area contributed by atoms with Crippen LogP contribution in [0.2, 0.25) is 0 Å². The molecule has 0 aliphatic heterocycles. The first kappa shape index (κ1) is 11.9. The second-order valence-electron chi connectivity index (χ2n) is 3.58. The van der Waals surface area contributed by atoms with E-state index in [0.717, 1.165) is 5.82 Å². The summed E-state index contributed by atoms with van der Waals surface area (Å²) in [5.74, 6) is 1.45. The van der Waals surface area contributed by atoms with Gasteiger partial charge in [0, 0.05) is 25.5 Å². The van der Waals surface area contributed by atoms with E-state index in [4.69, 9.17) is 5.26 Å². The van der Waals surface area contributed by atoms with Gasteiger partial charge in [-0.2, -0.15) is 5.26 Å². The molecule has 0 aliphatic rings. The van der Waals surface area contributed by atoms with Crippen LogP contribution < -0.4 is 10.6 Å². The average molecular weight is 239 g/mol. The molecule has 2 heterocycles. The molecule has 0 spiro atoms. The molecular weight excluding hydrogens is 226 g/mol. The molecule has 90 valence electrons. The van der Waals surface area contributed by atoms with E-state index in [1.807, 2.05) is 18.2 Å². The van der Waals surface area contributed by atoms with Gasteiger partial charge in [-0.15, -0.1) is 0 Å². The molecule has 0 unspecified atom stereocenters. The summed E-state index contributed by atoms with van der Waals surface area (Å²) in [6.45, 7) is 1.38. The summed E-state index contributed by atoms with van der Waals surface area (Å²) in [6.07, 6.45) is 3.40. The number of anilines is 2. The Labute approximate surface area is 106 Å². The fraction of sp³-hybridized carbons (Fsp3) is 0.154. The first-order valence-corrected chi connectivity index (χ1v) is 5.64. The van der Waals surface area contributed by atoms with E-state index >= 15 is 0 Å². The zero-order chi connectivity index (χ0) is 12.6. The van der Waals surface area contributed by atoms with Gasteiger partial charge in [0.05, 0.1) is 5.56 Å². The highest BCUT2D eigenvalue weighted by Gasteiger charge is 2.00. The second kappa shape index (κ2) is 6.21. The van der Waals surface area contributed by atoms with E-state index in [1.165, 1.54) is 0 Å². The van der Waals surface area contributed by atoms with E-state index < -0.39 is 0 Å². The van der Waals surface area contributed by atoms with E-state index in [0.29, 0.717) is 24.5 Å². The van der Waals surface area contributed by atoms with Crippen molar-refractivity contribution in [3.05, 3.63) is 48.3 Å². The molecule has 2 aromatic heterocycles. The predicted molar refractivity (Wildman–Crippen MR) is 70.2 cm³/mol. The quantitative estimate of drug-likeness (QED) is 0.779. The van der Waals surface area contributed by atoms with Crippen molar-refractivity contribution in [3.8, 4) is 6.07 Å². The average Bonchev–Trinajstić information content (AvgIpc) is 2.45. The third kappa shape index (κ3) is 3.19. The normalized spacial score (nSPS) is 9.50. The van der Waals surface area contributed by atoms with Gasteiger partial charge in [-0.05, 0) is 24.3 Å². The van der Waals surface area contributed by atoms with Crippen LogP contribution in [0.15, 0.2) is 42.7 Å². The Balaban J connectivity index is 1.81. The van der Waals surface area contributed by atoms with Crippen molar-refractivity contribution in [2.45, 2.75) is 0 Å². The number of pyridine rings is 2. The summed E-state index contributed by atoms with van der Waals surface area (Å²) < 4.78 is 0. The topological polar surface area (TPSA) is 73.6 Å². The summed E-state index contributed by atoms with van der Waals surface area (Å²) in [6, 6.07) is 11.3. The van der Waals surface area contributed by atoms with Crippen molar-refractivity contribution < 1.29 is 0 Å². The highest BCUT2D eigenvalue weighted by molar-refractivity contribution is 5.51. The van der Waals surface area contributed by atoms with Crippen molar-refractivity contribution in [1.82, 2.24) is 9.97 Å². The van der Waals surface area contributed by atoms with Gasteiger partial charge in [0.25, 0.3) is 0 Å². The van der Waals surface area contributed by atoms with Gasteiger partial charge in [0.2, 0.25) is 0 Å². The van der Waals surface area contributed by atoms with Crippen LogP contribution >= 0.6 is 0 Å². The van der Waals surface area contributed by atoms with Crippen LogP contribution in [0.4, 0.5) is 11.6 Å². The van der Waals surface area contributed by atoms with Crippen LogP contribution in [-0.2, 0) is 0 Å². The van der Waals surface area contributed by atoms with Crippen LogP contribution in [0.25, 0.3) is 0 Å². The smallest absolute Gasteiger partial charge is 0.143 e. The van der Waals surface area contributed by atoms with Crippen molar-refractivity contribution in [2.24, 2.45) is 0 Å². The minimum atomic E-state index is 0.551. The summed E-state index contributed by atoms with van der Waals surface area (Å²) in [7, 11) is 0. The lowest BCUT2D eigenvalue weighted by Gasteiger charge is -2.08. The Bertz CT molecular complexity index is 533. The zero-order valence-corrected chi connectivity index (χ0v) is 9.80. The van der Waals surface area contributed by atoms with Gasteiger partial charge >= 0.3 is 0 Å². The van der Waals surface area contributed by atoms with Gasteiger partial charge in [-0.1, -0.05) is 6.07 Å². The minimum absolute atomic E-state index is 0.551. The Hall–Kier alpha value is -2.61. The van der Waals surface area contributed by atoms with E-state index in [1.54, 1.807) is 24.5 Å². The Morgan fingerprint density at radius 3 is 2.61 bits per heavy atom. The fourth-order valence-electron chi connectivity index (χ4n) is 1.48. The fourth-order valence-corrected chi connectivity index (χ4v) is 1.48. The van der Waals surface area contributed by atoms with Crippen molar-refractivity contribution in [1.29, 1.82) is 5.26 Å². The molecule has 2 aromatic rings. The molecular formula is C13H13N5. The van der Waals surface area contributed by atoms with Crippen LogP contribution in [0.3, 0.4) is 0 Å². The van der Waals surface area contributed by atoms with Gasteiger partial charge in [-0.3, -0.25) is 0 Å². The number of aromatic nitrogens is 2. The predicted octanol–water partition coefficient (Wildman–Crippen LogP) is 1.87. The summed E-state index contributed by atoms with van der Waals surface area (Å²) in [5, 5.41) is 15.2. The van der Waals surface area contributed by atoms with Gasteiger partial charge in [0.1, 0.15) is 17.7 Å². The SMILES string of the molecule is N#Cc1cccnc1NCCNc1ccccn1. The largest absolute Gasteiger partial charge is 0.368 e. The third-order valence-corrected chi connectivity index (χ3v) is 2.32. The maximum Gasteiger partial charge on any atom is 0.143 e. The highest BCUT2D eigenvalue weighted by atomic mass is 15.0. The van der Waals surface area contributed by atoms with E-state index in [2.05, 4.69) is 26.7 Å². The van der Waals surface area contributed by atoms with E-state index in [-0.39, 0.29) is 0 Å². The van der Waals surface area contributed by atoms with Crippen LogP contribution in [0.1, 0.15) is 5.56 Å². The Morgan fingerprint density at radius 1 is 1.00 bits per heavy atom. The lowest BCUT2D eigenvalue weighted by Crippen LogP contribution is -2.15.